The van der Waals surface area contributed by atoms with Crippen LogP contribution in [-0.4, -0.2) is 40.2 Å². The maximum atomic E-state index is 14.4. The Hall–Kier alpha value is -3.90. The first-order valence-electron chi connectivity index (χ1n) is 18.4. The Bertz CT molecular complexity index is 1890. The summed E-state index contributed by atoms with van der Waals surface area (Å²) in [4.78, 5) is 33.1. The summed E-state index contributed by atoms with van der Waals surface area (Å²) in [6, 6.07) is 14.3. The van der Waals surface area contributed by atoms with E-state index >= 15 is 0 Å². The van der Waals surface area contributed by atoms with Crippen LogP contribution in [0.15, 0.2) is 78.2 Å². The molecule has 1 saturated heterocycles. The molecule has 3 aliphatic carbocycles. The van der Waals surface area contributed by atoms with Gasteiger partial charge in [0.1, 0.15) is 6.04 Å². The number of aromatic nitrogens is 2. The number of fused-ring (bicyclic) bond motifs is 1. The molecule has 2 aromatic carbocycles. The van der Waals surface area contributed by atoms with E-state index in [4.69, 9.17) is 9.31 Å². The van der Waals surface area contributed by atoms with Crippen LogP contribution in [0.3, 0.4) is 0 Å². The molecule has 2 bridgehead atoms. The van der Waals surface area contributed by atoms with Crippen LogP contribution in [0.4, 0.5) is 19.0 Å². The lowest BCUT2D eigenvalue weighted by Gasteiger charge is -2.64. The van der Waals surface area contributed by atoms with Crippen LogP contribution in [0.25, 0.3) is 0 Å². The van der Waals surface area contributed by atoms with Crippen LogP contribution >= 0.6 is 0 Å². The highest BCUT2D eigenvalue weighted by Crippen LogP contribution is 2.65. The highest BCUT2D eigenvalue weighted by molar-refractivity contribution is 6.48. The van der Waals surface area contributed by atoms with E-state index in [1.807, 2.05) is 18.2 Å². The van der Waals surface area contributed by atoms with Crippen LogP contribution in [0.2, 0.25) is 0 Å². The number of carbonyl (C=O) groups excluding carboxylic acids is 1. The Labute approximate surface area is 303 Å². The van der Waals surface area contributed by atoms with Gasteiger partial charge in [0.15, 0.2) is 5.82 Å². The smallest absolute Gasteiger partial charge is 0.404 e. The van der Waals surface area contributed by atoms with Crippen LogP contribution in [0.5, 0.6) is 0 Å². The molecular weight excluding hydrogens is 668 g/mol. The minimum absolute atomic E-state index is 0.0313. The van der Waals surface area contributed by atoms with Crippen molar-refractivity contribution in [2.75, 3.05) is 5.32 Å². The van der Waals surface area contributed by atoms with Crippen molar-refractivity contribution >= 4 is 18.8 Å². The first kappa shape index (κ1) is 36.5. The summed E-state index contributed by atoms with van der Waals surface area (Å²) in [5.41, 5.74) is 0.129. The molecule has 3 heterocycles. The number of nitrogens with zero attached hydrogens (tertiary/aromatic N) is 2. The van der Waals surface area contributed by atoms with E-state index in [1.54, 1.807) is 18.3 Å². The first-order chi connectivity index (χ1) is 24.6. The number of carbonyl (C=O) groups is 1. The molecule has 4 fully saturated rings. The van der Waals surface area contributed by atoms with Gasteiger partial charge in [0.05, 0.1) is 23.2 Å². The average Bonchev–Trinajstić information content (AvgIpc) is 3.62. The molecule has 0 spiro atoms. The number of benzene rings is 2. The summed E-state index contributed by atoms with van der Waals surface area (Å²) >= 11 is 0. The van der Waals surface area contributed by atoms with Gasteiger partial charge in [-0.25, -0.2) is 4.98 Å². The van der Waals surface area contributed by atoms with Crippen molar-refractivity contribution in [3.63, 3.8) is 0 Å². The largest absolute Gasteiger partial charge is 0.482 e. The van der Waals surface area contributed by atoms with E-state index in [0.717, 1.165) is 37.8 Å². The zero-order chi connectivity index (χ0) is 37.1. The van der Waals surface area contributed by atoms with Gasteiger partial charge in [-0.05, 0) is 92.4 Å². The van der Waals surface area contributed by atoms with Gasteiger partial charge in [-0.2, -0.15) is 13.2 Å². The molecular formula is C40H48BF3N4O4. The van der Waals surface area contributed by atoms with Gasteiger partial charge in [-0.15, -0.1) is 6.58 Å². The Morgan fingerprint density at radius 3 is 2.58 bits per heavy atom. The van der Waals surface area contributed by atoms with Gasteiger partial charge >= 0.3 is 13.3 Å². The lowest BCUT2D eigenvalue weighted by molar-refractivity contribution is -0.199. The van der Waals surface area contributed by atoms with E-state index in [0.29, 0.717) is 42.4 Å². The second kappa shape index (κ2) is 13.5. The lowest BCUT2D eigenvalue weighted by Crippen LogP contribution is -2.65. The Balaban J connectivity index is 1.14. The maximum Gasteiger partial charge on any atom is 0.482 e. The normalized spacial score (nSPS) is 29.1. The van der Waals surface area contributed by atoms with Gasteiger partial charge in [0.25, 0.3) is 5.56 Å². The second-order valence-electron chi connectivity index (χ2n) is 16.3. The predicted octanol–water partition coefficient (Wildman–Crippen LogP) is 7.43. The zero-order valence-electron chi connectivity index (χ0n) is 30.3. The third-order valence-corrected chi connectivity index (χ3v) is 12.7. The van der Waals surface area contributed by atoms with Gasteiger partial charge in [-0.3, -0.25) is 14.2 Å². The maximum absolute atomic E-state index is 14.4. The van der Waals surface area contributed by atoms with Gasteiger partial charge < -0.3 is 19.9 Å². The van der Waals surface area contributed by atoms with E-state index in [2.05, 4.69) is 62.0 Å². The summed E-state index contributed by atoms with van der Waals surface area (Å²) in [7, 11) is -0.663. The number of halogens is 3. The Kier molecular flexibility index (Phi) is 9.47. The number of hydrogen-bond acceptors (Lipinski definition) is 6. The molecule has 0 radical (unpaired) electrons. The summed E-state index contributed by atoms with van der Waals surface area (Å²) in [5, 5.41) is 6.14. The van der Waals surface area contributed by atoms with Crippen LogP contribution in [0, 0.1) is 17.3 Å². The quantitative estimate of drug-likeness (QED) is 0.150. The monoisotopic (exact) mass is 716 g/mol. The molecule has 7 atom stereocenters. The molecule has 0 unspecified atom stereocenters. The van der Waals surface area contributed by atoms with Crippen LogP contribution in [-0.2, 0) is 38.7 Å². The van der Waals surface area contributed by atoms with Crippen molar-refractivity contribution < 1.29 is 27.3 Å². The van der Waals surface area contributed by atoms with E-state index in [-0.39, 0.29) is 29.8 Å². The molecule has 2 aliphatic heterocycles. The van der Waals surface area contributed by atoms with Crippen molar-refractivity contribution in [2.24, 2.45) is 17.3 Å². The summed E-state index contributed by atoms with van der Waals surface area (Å²) in [6.07, 6.45) is 4.05. The number of amides is 1. The third kappa shape index (κ3) is 6.50. The molecule has 1 aromatic heterocycles. The number of nitrogens with one attached hydrogen (secondary N) is 2. The van der Waals surface area contributed by atoms with Crippen molar-refractivity contribution in [3.8, 4) is 0 Å². The molecule has 52 heavy (non-hydrogen) atoms. The fourth-order valence-corrected chi connectivity index (χ4v) is 9.55. The number of anilines is 1. The fourth-order valence-electron chi connectivity index (χ4n) is 9.55. The van der Waals surface area contributed by atoms with Crippen LogP contribution < -0.4 is 16.2 Å². The molecule has 8 rings (SSSR count). The molecule has 1 amide bonds. The molecule has 276 valence electrons. The first-order valence-corrected chi connectivity index (χ1v) is 18.4. The number of aryl methyl sites for hydroxylation is 1. The Morgan fingerprint density at radius 2 is 1.87 bits per heavy atom. The minimum Gasteiger partial charge on any atom is -0.404 e. The zero-order valence-corrected chi connectivity index (χ0v) is 30.3. The van der Waals surface area contributed by atoms with E-state index < -0.39 is 47.4 Å². The van der Waals surface area contributed by atoms with Crippen molar-refractivity contribution in [1.82, 2.24) is 14.9 Å². The molecule has 3 saturated carbocycles. The SMILES string of the molecule is C=CC[C@H](NC(=O)[C@@H]1C[C@@](C)(CCCc2ccccc2)c2cnc(NCc3cccc(C(F)(F)F)c3)c(=O)n21)B1O[C@@H]2C[C@@H]3C[C@@H](C3(C)C)[C@]2(C)O1. The van der Waals surface area contributed by atoms with Gasteiger partial charge in [-0.1, -0.05) is 69.3 Å². The van der Waals surface area contributed by atoms with Crippen molar-refractivity contribution in [1.29, 1.82) is 0 Å². The summed E-state index contributed by atoms with van der Waals surface area (Å²) in [6.45, 7) is 12.7. The number of hydrogen-bond donors (Lipinski definition) is 2. The molecule has 5 aliphatic rings. The second-order valence-corrected chi connectivity index (χ2v) is 16.3. The minimum atomic E-state index is -4.49. The fraction of sp³-hybridized carbons (Fsp3) is 0.525. The van der Waals surface area contributed by atoms with E-state index in [9.17, 15) is 22.8 Å². The Morgan fingerprint density at radius 1 is 1.12 bits per heavy atom. The van der Waals surface area contributed by atoms with E-state index in [1.165, 1.54) is 16.2 Å². The molecule has 12 heteroatoms. The summed E-state index contributed by atoms with van der Waals surface area (Å²) < 4.78 is 54.9. The van der Waals surface area contributed by atoms with Crippen LogP contribution in [0.1, 0.15) is 94.6 Å². The molecule has 8 nitrogen and oxygen atoms in total. The molecule has 2 N–H and O–H groups in total. The highest BCUT2D eigenvalue weighted by Gasteiger charge is 2.68. The molecule has 3 aromatic rings. The third-order valence-electron chi connectivity index (χ3n) is 12.7. The number of rotatable bonds is 12. The topological polar surface area (TPSA) is 94.5 Å². The van der Waals surface area contributed by atoms with Gasteiger partial charge in [0.2, 0.25) is 5.91 Å². The standard InChI is InChI=1S/C40H48BF3N4O4/c1-6-12-33(41-51-32-21-28-20-30(37(28,2)3)39(32,5)52-41)47-35(49)29-22-38(4,18-11-16-25-13-8-7-9-14-25)31-24-46-34(36(50)48(29)31)45-23-26-15-10-17-27(19-26)40(42,43)44/h6-10,13-15,17,19,24,28-30,32-33H,1,11-12,16,18,20-23H2,2-5H3,(H,45,46)(H,47,49)/t28-,29-,30-,32+,33-,38+,39-/m0/s1. The van der Waals surface area contributed by atoms with Gasteiger partial charge in [0, 0.05) is 23.9 Å². The van der Waals surface area contributed by atoms with Crippen molar-refractivity contribution in [2.45, 2.75) is 114 Å². The number of alkyl halides is 3. The highest BCUT2D eigenvalue weighted by atomic mass is 19.4. The lowest BCUT2D eigenvalue weighted by atomic mass is 9.43. The predicted molar refractivity (Wildman–Crippen MR) is 195 cm³/mol. The summed E-state index contributed by atoms with van der Waals surface area (Å²) in [5.74, 6) is 0.0686. The van der Waals surface area contributed by atoms with Crippen molar-refractivity contribution in [3.05, 3.63) is 106 Å². The average molecular weight is 717 g/mol.